The summed E-state index contributed by atoms with van der Waals surface area (Å²) in [7, 11) is 1.26. The van der Waals surface area contributed by atoms with E-state index in [1.54, 1.807) is 30.3 Å². The highest BCUT2D eigenvalue weighted by atomic mass is 35.7. The summed E-state index contributed by atoms with van der Waals surface area (Å²) in [6.07, 6.45) is 0.280. The van der Waals surface area contributed by atoms with Crippen molar-refractivity contribution >= 4 is 24.1 Å². The Labute approximate surface area is 139 Å². The van der Waals surface area contributed by atoms with E-state index in [4.69, 9.17) is 20.5 Å². The lowest BCUT2D eigenvalue weighted by molar-refractivity contribution is -0.142. The van der Waals surface area contributed by atoms with Crippen molar-refractivity contribution in [1.82, 2.24) is 5.09 Å². The standard InChI is InChI=1S/C16H17ClNO4P/c1-21-16(19)15(12-13-8-4-2-5-9-13)18-23(17,20)22-14-10-6-3-7-11-14/h2-11,15H,12H2,1H3,(H,18,20)/t15-,23?/m1/s1. The molecule has 2 aromatic carbocycles. The largest absolute Gasteiger partial charge is 0.468 e. The van der Waals surface area contributed by atoms with E-state index in [9.17, 15) is 9.36 Å². The van der Waals surface area contributed by atoms with Gasteiger partial charge in [0.1, 0.15) is 11.8 Å². The van der Waals surface area contributed by atoms with Crippen LogP contribution in [0.1, 0.15) is 5.56 Å². The topological polar surface area (TPSA) is 64.6 Å². The van der Waals surface area contributed by atoms with E-state index >= 15 is 0 Å². The third-order valence-corrected chi connectivity index (χ3v) is 4.61. The molecule has 0 radical (unpaired) electrons. The third-order valence-electron chi connectivity index (χ3n) is 3.04. The van der Waals surface area contributed by atoms with Crippen LogP contribution in [0.15, 0.2) is 60.7 Å². The fraction of sp³-hybridized carbons (Fsp3) is 0.188. The maximum Gasteiger partial charge on any atom is 0.409 e. The summed E-state index contributed by atoms with van der Waals surface area (Å²) in [5, 5.41) is 2.57. The van der Waals surface area contributed by atoms with E-state index in [-0.39, 0.29) is 6.42 Å². The lowest BCUT2D eigenvalue weighted by Crippen LogP contribution is -2.37. The number of ether oxygens (including phenoxy) is 1. The highest BCUT2D eigenvalue weighted by molar-refractivity contribution is 7.84. The van der Waals surface area contributed by atoms with Gasteiger partial charge in [0.2, 0.25) is 0 Å². The molecule has 1 unspecified atom stereocenters. The minimum absolute atomic E-state index is 0.280. The summed E-state index contributed by atoms with van der Waals surface area (Å²) in [5.74, 6) is -0.215. The molecule has 0 aliphatic heterocycles. The smallest absolute Gasteiger partial charge is 0.409 e. The molecule has 2 atom stereocenters. The second-order valence-electron chi connectivity index (χ2n) is 4.78. The maximum absolute atomic E-state index is 12.4. The number of rotatable bonds is 7. The van der Waals surface area contributed by atoms with E-state index in [0.29, 0.717) is 5.75 Å². The fourth-order valence-corrected chi connectivity index (χ4v) is 3.61. The van der Waals surface area contributed by atoms with Gasteiger partial charge in [-0.25, -0.2) is 9.65 Å². The van der Waals surface area contributed by atoms with Crippen LogP contribution >= 0.6 is 18.1 Å². The van der Waals surface area contributed by atoms with E-state index in [1.165, 1.54) is 7.11 Å². The van der Waals surface area contributed by atoms with Crippen molar-refractivity contribution in [1.29, 1.82) is 0 Å². The summed E-state index contributed by atoms with van der Waals surface area (Å²) in [4.78, 5) is 11.9. The van der Waals surface area contributed by atoms with Crippen molar-refractivity contribution in [2.45, 2.75) is 12.5 Å². The summed E-state index contributed by atoms with van der Waals surface area (Å²) >= 11 is 5.95. The van der Waals surface area contributed by atoms with Crippen LogP contribution in [-0.4, -0.2) is 19.1 Å². The molecule has 0 amide bonds. The van der Waals surface area contributed by atoms with Crippen LogP contribution in [0.4, 0.5) is 0 Å². The van der Waals surface area contributed by atoms with Gasteiger partial charge in [0.25, 0.3) is 0 Å². The second kappa shape index (κ2) is 8.16. The van der Waals surface area contributed by atoms with Gasteiger partial charge in [-0.15, -0.1) is 0 Å². The number of carbonyl (C=O) groups excluding carboxylic acids is 1. The molecule has 0 heterocycles. The van der Waals surface area contributed by atoms with E-state index in [1.807, 2.05) is 30.3 Å². The Hall–Kier alpha value is -1.81. The van der Waals surface area contributed by atoms with Gasteiger partial charge < -0.3 is 9.26 Å². The van der Waals surface area contributed by atoms with Crippen molar-refractivity contribution < 1.29 is 18.6 Å². The zero-order valence-electron chi connectivity index (χ0n) is 12.5. The number of halogens is 1. The number of benzene rings is 2. The van der Waals surface area contributed by atoms with Crippen LogP contribution in [0.25, 0.3) is 0 Å². The monoisotopic (exact) mass is 353 g/mol. The molecule has 122 valence electrons. The van der Waals surface area contributed by atoms with Gasteiger partial charge in [0, 0.05) is 11.2 Å². The van der Waals surface area contributed by atoms with Crippen LogP contribution < -0.4 is 9.61 Å². The first kappa shape index (κ1) is 17.5. The molecule has 5 nitrogen and oxygen atoms in total. The summed E-state index contributed by atoms with van der Waals surface area (Å²) in [6, 6.07) is 16.9. The third kappa shape index (κ3) is 5.71. The number of esters is 1. The SMILES string of the molecule is COC(=O)[C@@H](Cc1ccccc1)NP(=O)(Cl)Oc1ccccc1. The molecule has 23 heavy (non-hydrogen) atoms. The first-order valence-corrected chi connectivity index (χ1v) is 9.47. The number of para-hydroxylation sites is 1. The predicted molar refractivity (Wildman–Crippen MR) is 89.6 cm³/mol. The Balaban J connectivity index is 2.10. The van der Waals surface area contributed by atoms with Crippen LogP contribution in [0, 0.1) is 0 Å². The Bertz CT molecular complexity index is 681. The van der Waals surface area contributed by atoms with Crippen LogP contribution in [0.3, 0.4) is 0 Å². The number of carbonyl (C=O) groups is 1. The first-order valence-electron chi connectivity index (χ1n) is 6.94. The van der Waals surface area contributed by atoms with Gasteiger partial charge in [-0.3, -0.25) is 4.79 Å². The molecule has 0 fully saturated rings. The van der Waals surface area contributed by atoms with Gasteiger partial charge in [-0.05, 0) is 24.1 Å². The number of hydrogen-bond donors (Lipinski definition) is 1. The number of hydrogen-bond acceptors (Lipinski definition) is 4. The van der Waals surface area contributed by atoms with Gasteiger partial charge in [-0.2, -0.15) is 0 Å². The summed E-state index contributed by atoms with van der Waals surface area (Å²) in [6.45, 7) is -3.75. The van der Waals surface area contributed by atoms with Gasteiger partial charge in [0.05, 0.1) is 7.11 Å². The molecule has 2 aromatic rings. The highest BCUT2D eigenvalue weighted by Crippen LogP contribution is 2.48. The summed E-state index contributed by atoms with van der Waals surface area (Å²) in [5.41, 5.74) is 0.881. The normalized spacial score (nSPS) is 14.5. The number of nitrogens with one attached hydrogen (secondary N) is 1. The Morgan fingerprint density at radius 1 is 1.13 bits per heavy atom. The second-order valence-corrected chi connectivity index (χ2v) is 7.51. The molecular formula is C16H17ClNO4P. The van der Waals surface area contributed by atoms with Crippen molar-refractivity contribution in [3.05, 3.63) is 66.2 Å². The Morgan fingerprint density at radius 2 is 1.70 bits per heavy atom. The van der Waals surface area contributed by atoms with E-state index in [2.05, 4.69) is 5.09 Å². The predicted octanol–water partition coefficient (Wildman–Crippen LogP) is 3.79. The van der Waals surface area contributed by atoms with Gasteiger partial charge >= 0.3 is 12.8 Å². The van der Waals surface area contributed by atoms with Crippen molar-refractivity contribution in [2.24, 2.45) is 0 Å². The maximum atomic E-state index is 12.4. The quantitative estimate of drug-likeness (QED) is 0.606. The van der Waals surface area contributed by atoms with E-state index in [0.717, 1.165) is 5.56 Å². The molecule has 0 bridgehead atoms. The van der Waals surface area contributed by atoms with Crippen molar-refractivity contribution in [2.75, 3.05) is 7.11 Å². The lowest BCUT2D eigenvalue weighted by Gasteiger charge is -2.20. The van der Waals surface area contributed by atoms with Crippen molar-refractivity contribution in [3.8, 4) is 5.75 Å². The van der Waals surface area contributed by atoms with Crippen LogP contribution in [0.5, 0.6) is 5.75 Å². The first-order chi connectivity index (χ1) is 11.0. The molecular weight excluding hydrogens is 337 g/mol. The molecule has 7 heteroatoms. The minimum Gasteiger partial charge on any atom is -0.468 e. The molecule has 0 spiro atoms. The average Bonchev–Trinajstić information content (AvgIpc) is 2.54. The molecule has 0 aliphatic rings. The van der Waals surface area contributed by atoms with Crippen LogP contribution in [-0.2, 0) is 20.5 Å². The molecule has 0 aliphatic carbocycles. The zero-order valence-corrected chi connectivity index (χ0v) is 14.2. The lowest BCUT2D eigenvalue weighted by atomic mass is 10.1. The molecule has 0 saturated heterocycles. The van der Waals surface area contributed by atoms with Crippen LogP contribution in [0.2, 0.25) is 0 Å². The minimum atomic E-state index is -3.75. The van der Waals surface area contributed by atoms with Gasteiger partial charge in [-0.1, -0.05) is 48.5 Å². The van der Waals surface area contributed by atoms with Gasteiger partial charge in [0.15, 0.2) is 0 Å². The molecule has 1 N–H and O–H groups in total. The summed E-state index contributed by atoms with van der Waals surface area (Å²) < 4.78 is 22.4. The fourth-order valence-electron chi connectivity index (χ4n) is 2.00. The molecule has 0 aromatic heterocycles. The molecule has 0 saturated carbocycles. The van der Waals surface area contributed by atoms with Crippen molar-refractivity contribution in [3.63, 3.8) is 0 Å². The highest BCUT2D eigenvalue weighted by Gasteiger charge is 2.30. The Kier molecular flexibility index (Phi) is 6.22. The molecule has 2 rings (SSSR count). The number of methoxy groups -OCH3 is 1. The van der Waals surface area contributed by atoms with E-state index < -0.39 is 18.9 Å². The average molecular weight is 354 g/mol. The Morgan fingerprint density at radius 3 is 2.26 bits per heavy atom. The zero-order chi connectivity index (χ0) is 16.7.